The molecule has 0 saturated carbocycles. The number of hydrogen-bond donors (Lipinski definition) is 1. The minimum Gasteiger partial charge on any atom is -0.495 e. The summed E-state index contributed by atoms with van der Waals surface area (Å²) in [4.78, 5) is 18.2. The van der Waals surface area contributed by atoms with Gasteiger partial charge in [-0.1, -0.05) is 0 Å². The van der Waals surface area contributed by atoms with Crippen LogP contribution in [0.5, 0.6) is 11.6 Å². The summed E-state index contributed by atoms with van der Waals surface area (Å²) in [7, 11) is -2.67. The molecule has 4 rings (SSSR count). The van der Waals surface area contributed by atoms with Gasteiger partial charge in [-0.3, -0.25) is 4.79 Å². The summed E-state index contributed by atoms with van der Waals surface area (Å²) in [6, 6.07) is 4.42. The van der Waals surface area contributed by atoms with E-state index in [2.05, 4.69) is 4.98 Å². The highest BCUT2D eigenvalue weighted by Gasteiger charge is 2.39. The van der Waals surface area contributed by atoms with E-state index in [1.54, 1.807) is 0 Å². The van der Waals surface area contributed by atoms with E-state index in [0.717, 1.165) is 12.1 Å². The van der Waals surface area contributed by atoms with Gasteiger partial charge in [0.05, 0.1) is 25.0 Å². The Morgan fingerprint density at radius 2 is 2.17 bits per heavy atom. The molecule has 10 heteroatoms. The molecule has 8 nitrogen and oxygen atoms in total. The second-order valence-electron chi connectivity index (χ2n) is 7.06. The first-order chi connectivity index (χ1) is 13.8. The monoisotopic (exact) mass is 422 g/mol. The molecule has 1 aromatic carbocycles. The zero-order valence-electron chi connectivity index (χ0n) is 15.5. The second-order valence-corrected chi connectivity index (χ2v) is 9.02. The third-order valence-corrected chi connectivity index (χ3v) is 6.72. The van der Waals surface area contributed by atoms with Crippen molar-refractivity contribution in [1.82, 2.24) is 9.88 Å². The topological polar surface area (TPSA) is 106 Å². The number of benzene rings is 1. The van der Waals surface area contributed by atoms with Crippen molar-refractivity contribution < 1.29 is 32.2 Å². The molecule has 1 fully saturated rings. The third kappa shape index (κ3) is 3.65. The number of aliphatic hydroxyl groups is 1. The Labute approximate surface area is 166 Å². The third-order valence-electron chi connectivity index (χ3n) is 5.02. The van der Waals surface area contributed by atoms with Crippen LogP contribution in [0.15, 0.2) is 35.4 Å². The normalized spacial score (nSPS) is 21.2. The van der Waals surface area contributed by atoms with Crippen molar-refractivity contribution >= 4 is 15.7 Å². The van der Waals surface area contributed by atoms with Crippen molar-refractivity contribution in [1.29, 1.82) is 0 Å². The van der Waals surface area contributed by atoms with Crippen LogP contribution in [0.1, 0.15) is 22.3 Å². The molecule has 2 atom stereocenters. The van der Waals surface area contributed by atoms with E-state index < -0.39 is 27.5 Å². The van der Waals surface area contributed by atoms with Crippen LogP contribution in [0.2, 0.25) is 0 Å². The van der Waals surface area contributed by atoms with Crippen LogP contribution in [0.3, 0.4) is 0 Å². The predicted molar refractivity (Wildman–Crippen MR) is 99.0 cm³/mol. The lowest BCUT2D eigenvalue weighted by molar-refractivity contribution is 0.0709. The molecule has 1 saturated heterocycles. The van der Waals surface area contributed by atoms with Crippen molar-refractivity contribution in [2.45, 2.75) is 29.2 Å². The highest BCUT2D eigenvalue weighted by atomic mass is 32.2. The highest BCUT2D eigenvalue weighted by molar-refractivity contribution is 7.90. The number of carbonyl (C=O) groups is 1. The van der Waals surface area contributed by atoms with E-state index in [1.165, 1.54) is 30.3 Å². The minimum absolute atomic E-state index is 0.0300. The number of amides is 1. The Hall–Kier alpha value is -2.72. The number of hydrogen-bond acceptors (Lipinski definition) is 7. The molecule has 0 radical (unpaired) electrons. The second kappa shape index (κ2) is 7.27. The number of nitrogens with zero attached hydrogens (tertiary/aromatic N) is 2. The van der Waals surface area contributed by atoms with Crippen molar-refractivity contribution in [2.75, 3.05) is 20.3 Å². The van der Waals surface area contributed by atoms with Crippen molar-refractivity contribution in [2.24, 2.45) is 0 Å². The summed E-state index contributed by atoms with van der Waals surface area (Å²) in [5, 5.41) is 9.84. The van der Waals surface area contributed by atoms with Crippen LogP contribution < -0.4 is 9.47 Å². The number of rotatable bonds is 4. The first-order valence-electron chi connectivity index (χ1n) is 8.95. The summed E-state index contributed by atoms with van der Waals surface area (Å²) < 4.78 is 49.9. The summed E-state index contributed by atoms with van der Waals surface area (Å²) in [5.74, 6) is -1.40. The maximum absolute atomic E-state index is 13.6. The molecule has 1 aromatic heterocycles. The van der Waals surface area contributed by atoms with Gasteiger partial charge in [0, 0.05) is 12.7 Å². The number of carbonyl (C=O) groups excluding carboxylic acids is 1. The standard InChI is InChI=1S/C19H19FN2O6S/c1-27-16-3-2-12(20)5-17(16)29(25,26)10-11-4-15-18(21-7-11)28-9-13-6-14(23)8-22(13)19(15)24/h2-5,7,13-14,23H,6,8-10H2,1H3/t13-,14+/m1/s1. The van der Waals surface area contributed by atoms with E-state index in [9.17, 15) is 22.7 Å². The molecule has 29 heavy (non-hydrogen) atoms. The van der Waals surface area contributed by atoms with E-state index in [-0.39, 0.29) is 52.8 Å². The Kier molecular flexibility index (Phi) is 4.91. The summed E-state index contributed by atoms with van der Waals surface area (Å²) in [6.07, 6.45) is 1.12. The average Bonchev–Trinajstić information content (AvgIpc) is 3.01. The Morgan fingerprint density at radius 3 is 2.93 bits per heavy atom. The molecule has 2 aliphatic rings. The summed E-state index contributed by atoms with van der Waals surface area (Å²) in [6.45, 7) is 0.399. The van der Waals surface area contributed by atoms with Crippen LogP contribution in [0.4, 0.5) is 4.39 Å². The van der Waals surface area contributed by atoms with Gasteiger partial charge < -0.3 is 19.5 Å². The zero-order valence-corrected chi connectivity index (χ0v) is 16.4. The van der Waals surface area contributed by atoms with Crippen LogP contribution in [0, 0.1) is 5.82 Å². The molecule has 0 spiro atoms. The molecule has 2 aromatic rings. The predicted octanol–water partition coefficient (Wildman–Crippen LogP) is 1.17. The number of aromatic nitrogens is 1. The van der Waals surface area contributed by atoms with E-state index >= 15 is 0 Å². The number of pyridine rings is 1. The van der Waals surface area contributed by atoms with E-state index in [1.807, 2.05) is 0 Å². The Morgan fingerprint density at radius 1 is 1.38 bits per heavy atom. The summed E-state index contributed by atoms with van der Waals surface area (Å²) in [5.41, 5.74) is 0.394. The maximum Gasteiger partial charge on any atom is 0.259 e. The van der Waals surface area contributed by atoms with Gasteiger partial charge in [-0.25, -0.2) is 17.8 Å². The number of methoxy groups -OCH3 is 1. The molecular formula is C19H19FN2O6S. The number of ether oxygens (including phenoxy) is 2. The lowest BCUT2D eigenvalue weighted by atomic mass is 10.2. The van der Waals surface area contributed by atoms with Gasteiger partial charge in [-0.15, -0.1) is 0 Å². The quantitative estimate of drug-likeness (QED) is 0.788. The molecule has 1 N–H and O–H groups in total. The maximum atomic E-state index is 13.6. The summed E-state index contributed by atoms with van der Waals surface area (Å²) >= 11 is 0. The molecule has 0 bridgehead atoms. The van der Waals surface area contributed by atoms with Crippen LogP contribution >= 0.6 is 0 Å². The average molecular weight is 422 g/mol. The smallest absolute Gasteiger partial charge is 0.259 e. The first-order valence-corrected chi connectivity index (χ1v) is 10.6. The van der Waals surface area contributed by atoms with Crippen molar-refractivity contribution in [3.05, 3.63) is 47.4 Å². The lowest BCUT2D eigenvalue weighted by Crippen LogP contribution is -2.37. The zero-order chi connectivity index (χ0) is 20.8. The molecular weight excluding hydrogens is 403 g/mol. The van der Waals surface area contributed by atoms with Gasteiger partial charge in [-0.05, 0) is 36.2 Å². The fourth-order valence-electron chi connectivity index (χ4n) is 3.66. The number of fused-ring (bicyclic) bond motifs is 2. The van der Waals surface area contributed by atoms with Gasteiger partial charge in [-0.2, -0.15) is 0 Å². The molecule has 3 heterocycles. The number of aliphatic hydroxyl groups excluding tert-OH is 1. The van der Waals surface area contributed by atoms with Crippen LogP contribution in [-0.4, -0.2) is 61.7 Å². The molecule has 2 aliphatic heterocycles. The SMILES string of the molecule is COc1ccc(F)cc1S(=O)(=O)Cc1cnc2c(c1)C(=O)N1C[C@@H](O)C[C@@H]1CO2. The largest absolute Gasteiger partial charge is 0.495 e. The molecule has 0 unspecified atom stereocenters. The fraction of sp³-hybridized carbons (Fsp3) is 0.368. The molecule has 154 valence electrons. The Bertz CT molecular complexity index is 1070. The lowest BCUT2D eigenvalue weighted by Gasteiger charge is -2.20. The number of sulfone groups is 1. The van der Waals surface area contributed by atoms with Crippen LogP contribution in [0.25, 0.3) is 0 Å². The Balaban J connectivity index is 1.67. The van der Waals surface area contributed by atoms with Gasteiger partial charge in [0.2, 0.25) is 5.88 Å². The minimum atomic E-state index is -3.97. The van der Waals surface area contributed by atoms with Gasteiger partial charge in [0.15, 0.2) is 9.84 Å². The fourth-order valence-corrected chi connectivity index (χ4v) is 5.16. The first kappa shape index (κ1) is 19.6. The molecule has 0 aliphatic carbocycles. The van der Waals surface area contributed by atoms with Gasteiger partial charge >= 0.3 is 0 Å². The van der Waals surface area contributed by atoms with Crippen LogP contribution in [-0.2, 0) is 15.6 Å². The van der Waals surface area contributed by atoms with E-state index in [4.69, 9.17) is 9.47 Å². The van der Waals surface area contributed by atoms with E-state index in [0.29, 0.717) is 6.42 Å². The number of halogens is 1. The molecule has 1 amide bonds. The van der Waals surface area contributed by atoms with Gasteiger partial charge in [0.25, 0.3) is 5.91 Å². The van der Waals surface area contributed by atoms with Crippen molar-refractivity contribution in [3.63, 3.8) is 0 Å². The van der Waals surface area contributed by atoms with Gasteiger partial charge in [0.1, 0.15) is 28.6 Å². The van der Waals surface area contributed by atoms with Crippen molar-refractivity contribution in [3.8, 4) is 11.6 Å². The highest BCUT2D eigenvalue weighted by Crippen LogP contribution is 2.31.